The van der Waals surface area contributed by atoms with Gasteiger partial charge in [-0.25, -0.2) is 4.79 Å². The van der Waals surface area contributed by atoms with Crippen LogP contribution in [0.4, 0.5) is 5.69 Å². The number of hydrogen-bond donors (Lipinski definition) is 1. The zero-order valence-corrected chi connectivity index (χ0v) is 10.3. The van der Waals surface area contributed by atoms with Crippen molar-refractivity contribution in [2.45, 2.75) is 0 Å². The molecule has 1 aliphatic heterocycles. The largest absolute Gasteiger partial charge is 0.465 e. The van der Waals surface area contributed by atoms with E-state index in [2.05, 4.69) is 15.0 Å². The van der Waals surface area contributed by atoms with Gasteiger partial charge in [0.05, 0.1) is 12.7 Å². The molecule has 0 aliphatic carbocycles. The fourth-order valence-corrected chi connectivity index (χ4v) is 2.06. The van der Waals surface area contributed by atoms with Crippen molar-refractivity contribution in [1.29, 1.82) is 0 Å². The van der Waals surface area contributed by atoms with Crippen LogP contribution in [0.1, 0.15) is 20.7 Å². The summed E-state index contributed by atoms with van der Waals surface area (Å²) in [4.78, 5) is 24.7. The van der Waals surface area contributed by atoms with E-state index in [1.165, 1.54) is 7.11 Å². The maximum absolute atomic E-state index is 11.5. The van der Waals surface area contributed by atoms with E-state index < -0.39 is 5.97 Å². The van der Waals surface area contributed by atoms with Crippen LogP contribution in [0.15, 0.2) is 18.2 Å². The van der Waals surface area contributed by atoms with Gasteiger partial charge in [0.25, 0.3) is 0 Å². The topological polar surface area (TPSA) is 58.6 Å². The van der Waals surface area contributed by atoms with Gasteiger partial charge < -0.3 is 15.0 Å². The predicted molar refractivity (Wildman–Crippen MR) is 68.3 cm³/mol. The number of anilines is 1. The van der Waals surface area contributed by atoms with Crippen molar-refractivity contribution in [1.82, 2.24) is 5.32 Å². The minimum Gasteiger partial charge on any atom is -0.465 e. The summed E-state index contributed by atoms with van der Waals surface area (Å²) in [6, 6.07) is 5.24. The lowest BCUT2D eigenvalue weighted by atomic mass is 10.1. The lowest BCUT2D eigenvalue weighted by Crippen LogP contribution is -2.43. The van der Waals surface area contributed by atoms with Crippen LogP contribution in [0.25, 0.3) is 0 Å². The maximum Gasteiger partial charge on any atom is 0.338 e. The molecule has 5 nitrogen and oxygen atoms in total. The molecule has 2 rings (SSSR count). The number of methoxy groups -OCH3 is 1. The Labute approximate surface area is 106 Å². The first-order chi connectivity index (χ1) is 8.76. The average molecular weight is 248 g/mol. The highest BCUT2D eigenvalue weighted by Crippen LogP contribution is 2.19. The van der Waals surface area contributed by atoms with E-state index in [9.17, 15) is 9.59 Å². The standard InChI is InChI=1S/C13H16N2O3/c1-18-13(17)12-3-2-11(8-10(12)9-16)15-6-4-14-5-7-15/h2-3,8-9,14H,4-7H2,1H3. The van der Waals surface area contributed by atoms with Crippen LogP contribution >= 0.6 is 0 Å². The minimum absolute atomic E-state index is 0.311. The highest BCUT2D eigenvalue weighted by molar-refractivity contribution is 5.99. The van der Waals surface area contributed by atoms with Crippen molar-refractivity contribution in [3.8, 4) is 0 Å². The molecule has 0 amide bonds. The number of nitrogens with one attached hydrogen (secondary N) is 1. The number of benzene rings is 1. The van der Waals surface area contributed by atoms with Gasteiger partial charge in [-0.1, -0.05) is 0 Å². The lowest BCUT2D eigenvalue weighted by molar-refractivity contribution is 0.0598. The Balaban J connectivity index is 2.28. The van der Waals surface area contributed by atoms with E-state index in [0.717, 1.165) is 31.9 Å². The molecule has 0 saturated carbocycles. The van der Waals surface area contributed by atoms with Crippen molar-refractivity contribution in [2.75, 3.05) is 38.2 Å². The zero-order valence-electron chi connectivity index (χ0n) is 10.3. The summed E-state index contributed by atoms with van der Waals surface area (Å²) in [5, 5.41) is 3.27. The number of piperazine rings is 1. The van der Waals surface area contributed by atoms with Crippen LogP contribution in [0, 0.1) is 0 Å². The second-order valence-corrected chi connectivity index (χ2v) is 4.12. The van der Waals surface area contributed by atoms with Gasteiger partial charge in [0, 0.05) is 37.4 Å². The summed E-state index contributed by atoms with van der Waals surface area (Å²) in [7, 11) is 1.31. The molecule has 0 spiro atoms. The molecule has 1 fully saturated rings. The van der Waals surface area contributed by atoms with E-state index in [1.807, 2.05) is 6.07 Å². The smallest absolute Gasteiger partial charge is 0.338 e. The highest BCUT2D eigenvalue weighted by atomic mass is 16.5. The lowest BCUT2D eigenvalue weighted by Gasteiger charge is -2.29. The van der Waals surface area contributed by atoms with Gasteiger partial charge in [-0.2, -0.15) is 0 Å². The molecule has 1 N–H and O–H groups in total. The van der Waals surface area contributed by atoms with E-state index in [1.54, 1.807) is 12.1 Å². The molecule has 1 aromatic carbocycles. The third-order valence-electron chi connectivity index (χ3n) is 3.05. The van der Waals surface area contributed by atoms with E-state index in [-0.39, 0.29) is 0 Å². The Hall–Kier alpha value is -1.88. The normalized spacial score (nSPS) is 15.3. The molecular weight excluding hydrogens is 232 g/mol. The molecule has 96 valence electrons. The Morgan fingerprint density at radius 2 is 2.11 bits per heavy atom. The van der Waals surface area contributed by atoms with E-state index >= 15 is 0 Å². The first kappa shape index (κ1) is 12.6. The minimum atomic E-state index is -0.482. The van der Waals surface area contributed by atoms with Gasteiger partial charge in [-0.3, -0.25) is 4.79 Å². The van der Waals surface area contributed by atoms with Crippen molar-refractivity contribution in [3.05, 3.63) is 29.3 Å². The van der Waals surface area contributed by atoms with Crippen LogP contribution in [0.5, 0.6) is 0 Å². The van der Waals surface area contributed by atoms with Crippen LogP contribution in [-0.2, 0) is 4.74 Å². The molecule has 1 heterocycles. The number of carbonyl (C=O) groups is 2. The van der Waals surface area contributed by atoms with Crippen LogP contribution in [0.3, 0.4) is 0 Å². The average Bonchev–Trinajstić information content (AvgIpc) is 2.46. The third-order valence-corrected chi connectivity index (χ3v) is 3.05. The van der Waals surface area contributed by atoms with Gasteiger partial charge in [0.15, 0.2) is 6.29 Å². The maximum atomic E-state index is 11.5. The van der Waals surface area contributed by atoms with Crippen molar-refractivity contribution in [3.63, 3.8) is 0 Å². The molecule has 5 heteroatoms. The molecule has 0 atom stereocenters. The summed E-state index contributed by atoms with van der Waals surface area (Å²) in [5.74, 6) is -0.482. The molecule has 1 saturated heterocycles. The van der Waals surface area contributed by atoms with Gasteiger partial charge in [-0.05, 0) is 18.2 Å². The Bertz CT molecular complexity index is 454. The fourth-order valence-electron chi connectivity index (χ4n) is 2.06. The van der Waals surface area contributed by atoms with Crippen molar-refractivity contribution >= 4 is 17.9 Å². The molecule has 0 unspecified atom stereocenters. The molecule has 1 aliphatic rings. The van der Waals surface area contributed by atoms with Crippen molar-refractivity contribution in [2.24, 2.45) is 0 Å². The summed E-state index contributed by atoms with van der Waals surface area (Å²) in [6.07, 6.45) is 0.692. The van der Waals surface area contributed by atoms with Crippen molar-refractivity contribution < 1.29 is 14.3 Å². The molecule has 1 aromatic rings. The number of rotatable bonds is 3. The number of hydrogen-bond acceptors (Lipinski definition) is 5. The second-order valence-electron chi connectivity index (χ2n) is 4.12. The number of carbonyl (C=O) groups excluding carboxylic acids is 2. The van der Waals surface area contributed by atoms with Gasteiger partial charge in [0.1, 0.15) is 0 Å². The Morgan fingerprint density at radius 3 is 2.72 bits per heavy atom. The first-order valence-corrected chi connectivity index (χ1v) is 5.89. The summed E-state index contributed by atoms with van der Waals surface area (Å²) in [5.41, 5.74) is 1.65. The number of aldehydes is 1. The Morgan fingerprint density at radius 1 is 1.39 bits per heavy atom. The summed E-state index contributed by atoms with van der Waals surface area (Å²) in [6.45, 7) is 3.65. The third kappa shape index (κ3) is 2.51. The predicted octanol–water partition coefficient (Wildman–Crippen LogP) is 0.695. The number of ether oxygens (including phenoxy) is 1. The fraction of sp³-hybridized carbons (Fsp3) is 0.385. The highest BCUT2D eigenvalue weighted by Gasteiger charge is 2.15. The summed E-state index contributed by atoms with van der Waals surface area (Å²) < 4.78 is 4.64. The van der Waals surface area contributed by atoms with Gasteiger partial charge >= 0.3 is 5.97 Å². The second kappa shape index (κ2) is 5.64. The molecular formula is C13H16N2O3. The zero-order chi connectivity index (χ0) is 13.0. The molecule has 18 heavy (non-hydrogen) atoms. The van der Waals surface area contributed by atoms with Gasteiger partial charge in [0.2, 0.25) is 0 Å². The van der Waals surface area contributed by atoms with Crippen LogP contribution in [-0.4, -0.2) is 45.5 Å². The molecule has 0 aromatic heterocycles. The van der Waals surface area contributed by atoms with Crippen LogP contribution in [0.2, 0.25) is 0 Å². The number of esters is 1. The van der Waals surface area contributed by atoms with Gasteiger partial charge in [-0.15, -0.1) is 0 Å². The monoisotopic (exact) mass is 248 g/mol. The number of nitrogens with zero attached hydrogens (tertiary/aromatic N) is 1. The Kier molecular flexibility index (Phi) is 3.94. The van der Waals surface area contributed by atoms with E-state index in [4.69, 9.17) is 0 Å². The molecule has 0 radical (unpaired) electrons. The van der Waals surface area contributed by atoms with E-state index in [0.29, 0.717) is 17.4 Å². The SMILES string of the molecule is COC(=O)c1ccc(N2CCNCC2)cc1C=O. The molecule has 0 bridgehead atoms. The summed E-state index contributed by atoms with van der Waals surface area (Å²) >= 11 is 0. The quantitative estimate of drug-likeness (QED) is 0.630. The van der Waals surface area contributed by atoms with Crippen LogP contribution < -0.4 is 10.2 Å². The first-order valence-electron chi connectivity index (χ1n) is 5.89.